The zero-order valence-corrected chi connectivity index (χ0v) is 12.3. The monoisotopic (exact) mass is 285 g/mol. The minimum atomic E-state index is -0.318. The van der Waals surface area contributed by atoms with Gasteiger partial charge >= 0.3 is 0 Å². The second-order valence-corrected chi connectivity index (χ2v) is 6.41. The summed E-state index contributed by atoms with van der Waals surface area (Å²) in [5.74, 6) is 1.34. The topological polar surface area (TPSA) is 75.4 Å². The van der Waals surface area contributed by atoms with E-state index in [0.717, 1.165) is 25.7 Å². The molecule has 0 aromatic heterocycles. The van der Waals surface area contributed by atoms with Crippen molar-refractivity contribution in [3.8, 4) is 0 Å². The van der Waals surface area contributed by atoms with Crippen molar-refractivity contribution < 1.29 is 9.59 Å². The van der Waals surface area contributed by atoms with Crippen molar-refractivity contribution in [1.29, 1.82) is 0 Å². The van der Waals surface area contributed by atoms with Gasteiger partial charge in [0.1, 0.15) is 6.04 Å². The van der Waals surface area contributed by atoms with Crippen LogP contribution in [-0.2, 0) is 9.59 Å². The summed E-state index contributed by atoms with van der Waals surface area (Å²) in [6, 6.07) is -0.318. The molecule has 1 saturated carbocycles. The number of carbonyl (C=O) groups is 2. The van der Waals surface area contributed by atoms with Gasteiger partial charge in [-0.25, -0.2) is 0 Å². The van der Waals surface area contributed by atoms with Gasteiger partial charge < -0.3 is 16.0 Å². The molecule has 6 heteroatoms. The third-order valence-corrected chi connectivity index (χ3v) is 5.16. The van der Waals surface area contributed by atoms with Gasteiger partial charge in [0.25, 0.3) is 0 Å². The smallest absolute Gasteiger partial charge is 0.244 e. The lowest BCUT2D eigenvalue weighted by atomic mass is 9.97. The van der Waals surface area contributed by atoms with E-state index >= 15 is 0 Å². The van der Waals surface area contributed by atoms with Crippen LogP contribution in [0, 0.1) is 0 Å². The summed E-state index contributed by atoms with van der Waals surface area (Å²) in [6.45, 7) is 2.32. The Morgan fingerprint density at radius 3 is 2.68 bits per heavy atom. The summed E-state index contributed by atoms with van der Waals surface area (Å²) in [6.07, 6.45) is 4.60. The molecule has 2 rings (SSSR count). The Balaban J connectivity index is 2.00. The fraction of sp³-hybridized carbons (Fsp3) is 0.846. The first-order chi connectivity index (χ1) is 9.12. The number of nitrogens with zero attached hydrogens (tertiary/aromatic N) is 1. The third-order valence-electron chi connectivity index (χ3n) is 4.15. The van der Waals surface area contributed by atoms with Crippen molar-refractivity contribution in [3.05, 3.63) is 0 Å². The molecule has 1 heterocycles. The number of rotatable bonds is 4. The highest BCUT2D eigenvalue weighted by molar-refractivity contribution is 7.99. The molecule has 2 fully saturated rings. The Bertz CT molecular complexity index is 356. The molecule has 0 radical (unpaired) electrons. The van der Waals surface area contributed by atoms with Crippen LogP contribution >= 0.6 is 11.8 Å². The first-order valence-corrected chi connectivity index (χ1v) is 8.16. The van der Waals surface area contributed by atoms with Gasteiger partial charge in [-0.2, -0.15) is 0 Å². The summed E-state index contributed by atoms with van der Waals surface area (Å²) in [5, 5.41) is 3.12. The number of hydrogen-bond acceptors (Lipinski definition) is 4. The van der Waals surface area contributed by atoms with E-state index in [0.29, 0.717) is 24.6 Å². The second kappa shape index (κ2) is 6.13. The molecule has 1 aliphatic heterocycles. The molecule has 2 amide bonds. The Kier molecular flexibility index (Phi) is 4.73. The van der Waals surface area contributed by atoms with Crippen molar-refractivity contribution in [2.24, 2.45) is 5.73 Å². The minimum absolute atomic E-state index is 0.0286. The van der Waals surface area contributed by atoms with Gasteiger partial charge in [0.05, 0.1) is 11.4 Å². The third kappa shape index (κ3) is 3.05. The number of amides is 2. The van der Waals surface area contributed by atoms with E-state index in [2.05, 4.69) is 5.32 Å². The minimum Gasteiger partial charge on any atom is -0.348 e. The molecule has 0 bridgehead atoms. The van der Waals surface area contributed by atoms with Crippen molar-refractivity contribution in [2.75, 3.05) is 18.2 Å². The van der Waals surface area contributed by atoms with Gasteiger partial charge in [-0.1, -0.05) is 19.8 Å². The average Bonchev–Trinajstić information content (AvgIpc) is 3.06. The molecule has 1 saturated heterocycles. The van der Waals surface area contributed by atoms with E-state index < -0.39 is 0 Å². The van der Waals surface area contributed by atoms with Crippen LogP contribution in [0.2, 0.25) is 0 Å². The summed E-state index contributed by atoms with van der Waals surface area (Å²) >= 11 is 1.64. The molecule has 0 aromatic carbocycles. The Morgan fingerprint density at radius 1 is 1.42 bits per heavy atom. The van der Waals surface area contributed by atoms with E-state index in [4.69, 9.17) is 5.73 Å². The maximum Gasteiger partial charge on any atom is 0.244 e. The lowest BCUT2D eigenvalue weighted by Crippen LogP contribution is -2.57. The van der Waals surface area contributed by atoms with Crippen LogP contribution in [0.15, 0.2) is 0 Å². The number of thioether (sulfide) groups is 1. The largest absolute Gasteiger partial charge is 0.348 e. The number of nitrogens with two attached hydrogens (primary N) is 1. The molecule has 2 aliphatic rings. The van der Waals surface area contributed by atoms with Crippen LogP contribution in [0.25, 0.3) is 0 Å². The van der Waals surface area contributed by atoms with Gasteiger partial charge in [-0.05, 0) is 12.8 Å². The number of nitrogens with one attached hydrogen (secondary N) is 1. The second-order valence-electron chi connectivity index (χ2n) is 5.41. The molecule has 1 aliphatic carbocycles. The van der Waals surface area contributed by atoms with Crippen LogP contribution < -0.4 is 11.1 Å². The quantitative estimate of drug-likeness (QED) is 0.797. The molecule has 108 valence electrons. The van der Waals surface area contributed by atoms with Crippen molar-refractivity contribution in [1.82, 2.24) is 10.2 Å². The predicted octanol–water partition coefficient (Wildman–Crippen LogP) is 0.686. The molecule has 5 nitrogen and oxygen atoms in total. The van der Waals surface area contributed by atoms with E-state index in [9.17, 15) is 9.59 Å². The van der Waals surface area contributed by atoms with Crippen LogP contribution in [0.1, 0.15) is 39.0 Å². The van der Waals surface area contributed by atoms with E-state index in [1.807, 2.05) is 6.92 Å². The van der Waals surface area contributed by atoms with Crippen LogP contribution in [0.4, 0.5) is 0 Å². The van der Waals surface area contributed by atoms with E-state index in [-0.39, 0.29) is 23.4 Å². The Labute approximate surface area is 118 Å². The Morgan fingerprint density at radius 2 is 2.11 bits per heavy atom. The fourth-order valence-corrected chi connectivity index (χ4v) is 4.07. The first kappa shape index (κ1) is 14.7. The zero-order chi connectivity index (χ0) is 13.9. The summed E-state index contributed by atoms with van der Waals surface area (Å²) < 4.78 is 0. The molecule has 1 unspecified atom stereocenters. The normalized spacial score (nSPS) is 25.6. The Hall–Kier alpha value is -0.750. The highest BCUT2D eigenvalue weighted by Crippen LogP contribution is 2.30. The summed E-state index contributed by atoms with van der Waals surface area (Å²) in [5.41, 5.74) is 5.61. The van der Waals surface area contributed by atoms with E-state index in [1.165, 1.54) is 0 Å². The summed E-state index contributed by atoms with van der Waals surface area (Å²) in [7, 11) is 0. The molecule has 19 heavy (non-hydrogen) atoms. The summed E-state index contributed by atoms with van der Waals surface area (Å²) in [4.78, 5) is 25.9. The number of carbonyl (C=O) groups excluding carboxylic acids is 2. The van der Waals surface area contributed by atoms with E-state index in [1.54, 1.807) is 16.7 Å². The van der Waals surface area contributed by atoms with Gasteiger partial charge in [0.15, 0.2) is 0 Å². The van der Waals surface area contributed by atoms with Gasteiger partial charge in [0, 0.05) is 18.7 Å². The molecular weight excluding hydrogens is 262 g/mol. The molecule has 0 aromatic rings. The number of hydrogen-bond donors (Lipinski definition) is 2. The molecular formula is C13H23N3O2S. The SMILES string of the molecule is CCC(=O)N1CSCC1C(=O)NC1(CN)CCCC1. The van der Waals surface area contributed by atoms with Crippen LogP contribution in [0.3, 0.4) is 0 Å². The lowest BCUT2D eigenvalue weighted by molar-refractivity contribution is -0.138. The maximum absolute atomic E-state index is 12.4. The van der Waals surface area contributed by atoms with Crippen LogP contribution in [-0.4, -0.2) is 46.5 Å². The molecule has 1 atom stereocenters. The highest BCUT2D eigenvalue weighted by atomic mass is 32.2. The van der Waals surface area contributed by atoms with Gasteiger partial charge in [0.2, 0.25) is 11.8 Å². The fourth-order valence-electron chi connectivity index (χ4n) is 2.89. The van der Waals surface area contributed by atoms with Crippen LogP contribution in [0.5, 0.6) is 0 Å². The zero-order valence-electron chi connectivity index (χ0n) is 11.5. The highest BCUT2D eigenvalue weighted by Gasteiger charge is 2.39. The predicted molar refractivity (Wildman–Crippen MR) is 76.6 cm³/mol. The van der Waals surface area contributed by atoms with Crippen molar-refractivity contribution in [2.45, 2.75) is 50.6 Å². The van der Waals surface area contributed by atoms with Crippen molar-refractivity contribution in [3.63, 3.8) is 0 Å². The van der Waals surface area contributed by atoms with Gasteiger partial charge in [-0.15, -0.1) is 11.8 Å². The van der Waals surface area contributed by atoms with Gasteiger partial charge in [-0.3, -0.25) is 9.59 Å². The lowest BCUT2D eigenvalue weighted by Gasteiger charge is -2.32. The first-order valence-electron chi connectivity index (χ1n) is 7.01. The standard InChI is InChI=1S/C13H23N3O2S/c1-2-11(17)16-9-19-7-10(16)12(18)15-13(8-14)5-3-4-6-13/h10H,2-9,14H2,1H3,(H,15,18). The maximum atomic E-state index is 12.4. The molecule has 3 N–H and O–H groups in total. The van der Waals surface area contributed by atoms with Crippen molar-refractivity contribution >= 4 is 23.6 Å². The molecule has 0 spiro atoms. The average molecular weight is 285 g/mol.